The van der Waals surface area contributed by atoms with Crippen LogP contribution in [0.3, 0.4) is 0 Å². The Kier molecular flexibility index (Phi) is 5.29. The van der Waals surface area contributed by atoms with Crippen molar-refractivity contribution in [2.75, 3.05) is 10.6 Å². The van der Waals surface area contributed by atoms with E-state index >= 15 is 0 Å². The molecule has 2 atom stereocenters. The average molecular weight is 394 g/mol. The summed E-state index contributed by atoms with van der Waals surface area (Å²) < 4.78 is 1.53. The van der Waals surface area contributed by atoms with Crippen molar-refractivity contribution in [2.24, 2.45) is 11.5 Å². The monoisotopic (exact) mass is 394 g/mol. The number of aromatic nitrogens is 6. The number of rotatable bonds is 6. The van der Waals surface area contributed by atoms with Gasteiger partial charge in [-0.15, -0.1) is 15.3 Å². The molecule has 0 saturated heterocycles. The van der Waals surface area contributed by atoms with Crippen LogP contribution in [0.1, 0.15) is 36.2 Å². The fourth-order valence-corrected chi connectivity index (χ4v) is 3.36. The molecule has 4 rings (SSSR count). The van der Waals surface area contributed by atoms with Crippen molar-refractivity contribution in [2.45, 2.75) is 37.8 Å². The van der Waals surface area contributed by atoms with Crippen molar-refractivity contribution < 1.29 is 4.79 Å². The van der Waals surface area contributed by atoms with Gasteiger partial charge < -0.3 is 22.1 Å². The zero-order valence-electron chi connectivity index (χ0n) is 15.7. The summed E-state index contributed by atoms with van der Waals surface area (Å²) in [6, 6.07) is 7.22. The largest absolute Gasteiger partial charge is 0.364 e. The quantitative estimate of drug-likeness (QED) is 0.477. The van der Waals surface area contributed by atoms with Crippen LogP contribution >= 0.6 is 0 Å². The number of carbonyl (C=O) groups excluding carboxylic acids is 1. The molecule has 3 heterocycles. The van der Waals surface area contributed by atoms with E-state index in [2.05, 4.69) is 36.1 Å². The molecule has 11 heteroatoms. The Balaban J connectivity index is 1.60. The highest BCUT2D eigenvalue weighted by atomic mass is 16.1. The minimum atomic E-state index is -0.687. The Labute approximate surface area is 166 Å². The summed E-state index contributed by atoms with van der Waals surface area (Å²) in [6.07, 6.45) is 7.42. The lowest BCUT2D eigenvalue weighted by Gasteiger charge is -2.29. The van der Waals surface area contributed by atoms with Crippen LogP contribution in [0.5, 0.6) is 0 Å². The number of hydrogen-bond acceptors (Lipinski definition) is 9. The first-order chi connectivity index (χ1) is 14.1. The van der Waals surface area contributed by atoms with Gasteiger partial charge in [-0.2, -0.15) is 0 Å². The van der Waals surface area contributed by atoms with Crippen molar-refractivity contribution in [1.29, 1.82) is 0 Å². The van der Waals surface area contributed by atoms with Gasteiger partial charge in [-0.25, -0.2) is 9.67 Å². The van der Waals surface area contributed by atoms with Gasteiger partial charge in [0.1, 0.15) is 5.82 Å². The topological polar surface area (TPSA) is 163 Å². The lowest BCUT2D eigenvalue weighted by atomic mass is 9.91. The molecule has 0 aromatic carbocycles. The number of nitrogens with zero attached hydrogens (tertiary/aromatic N) is 6. The van der Waals surface area contributed by atoms with Crippen molar-refractivity contribution in [3.63, 3.8) is 0 Å². The Morgan fingerprint density at radius 2 is 2.03 bits per heavy atom. The van der Waals surface area contributed by atoms with Crippen molar-refractivity contribution in [3.8, 4) is 5.82 Å². The predicted molar refractivity (Wildman–Crippen MR) is 107 cm³/mol. The maximum absolute atomic E-state index is 11.8. The van der Waals surface area contributed by atoms with E-state index in [0.717, 1.165) is 25.7 Å². The van der Waals surface area contributed by atoms with Gasteiger partial charge in [0.2, 0.25) is 0 Å². The van der Waals surface area contributed by atoms with Gasteiger partial charge in [0, 0.05) is 18.2 Å². The Morgan fingerprint density at radius 1 is 1.17 bits per heavy atom. The molecule has 3 aromatic heterocycles. The number of hydrogen-bond donors (Lipinski definition) is 4. The van der Waals surface area contributed by atoms with Crippen LogP contribution in [-0.4, -0.2) is 48.2 Å². The first-order valence-corrected chi connectivity index (χ1v) is 9.40. The van der Waals surface area contributed by atoms with Gasteiger partial charge in [-0.1, -0.05) is 24.1 Å². The summed E-state index contributed by atoms with van der Waals surface area (Å²) >= 11 is 0. The molecule has 6 N–H and O–H groups in total. The van der Waals surface area contributed by atoms with Gasteiger partial charge in [-0.3, -0.25) is 4.79 Å². The molecule has 1 fully saturated rings. The summed E-state index contributed by atoms with van der Waals surface area (Å²) in [5, 5.41) is 22.2. The maximum atomic E-state index is 11.8. The molecule has 0 spiro atoms. The van der Waals surface area contributed by atoms with Crippen LogP contribution in [0.4, 0.5) is 17.3 Å². The minimum absolute atomic E-state index is 0.0245. The third kappa shape index (κ3) is 4.29. The summed E-state index contributed by atoms with van der Waals surface area (Å²) in [4.78, 5) is 16.3. The van der Waals surface area contributed by atoms with E-state index in [9.17, 15) is 4.79 Å². The molecule has 1 aliphatic carbocycles. The Bertz CT molecular complexity index is 990. The molecular weight excluding hydrogens is 372 g/mol. The lowest BCUT2D eigenvalue weighted by molar-refractivity contribution is 0.0995. The molecule has 1 saturated carbocycles. The van der Waals surface area contributed by atoms with Crippen LogP contribution < -0.4 is 22.1 Å². The highest BCUT2D eigenvalue weighted by Gasteiger charge is 2.23. The molecule has 2 unspecified atom stereocenters. The minimum Gasteiger partial charge on any atom is -0.364 e. The average Bonchev–Trinajstić information content (AvgIpc) is 3.25. The molecule has 1 aliphatic rings. The van der Waals surface area contributed by atoms with Gasteiger partial charge in [0.05, 0.1) is 18.1 Å². The number of amides is 1. The molecule has 11 nitrogen and oxygen atoms in total. The molecule has 0 bridgehead atoms. The van der Waals surface area contributed by atoms with E-state index in [1.165, 1.54) is 4.68 Å². The third-order valence-corrected chi connectivity index (χ3v) is 4.83. The highest BCUT2D eigenvalue weighted by molar-refractivity contribution is 5.97. The molecule has 150 valence electrons. The van der Waals surface area contributed by atoms with Gasteiger partial charge in [0.25, 0.3) is 5.91 Å². The first kappa shape index (κ1) is 18.7. The second-order valence-corrected chi connectivity index (χ2v) is 6.91. The summed E-state index contributed by atoms with van der Waals surface area (Å²) in [7, 11) is 0. The van der Waals surface area contributed by atoms with Gasteiger partial charge >= 0.3 is 0 Å². The van der Waals surface area contributed by atoms with E-state index in [1.54, 1.807) is 30.6 Å². The maximum Gasteiger partial charge on any atom is 0.271 e. The molecule has 0 radical (unpaired) electrons. The lowest BCUT2D eigenvalue weighted by Crippen LogP contribution is -2.42. The zero-order valence-corrected chi connectivity index (χ0v) is 15.7. The number of nitrogens with two attached hydrogens (primary N) is 2. The van der Waals surface area contributed by atoms with Crippen molar-refractivity contribution >= 4 is 23.2 Å². The number of carbonyl (C=O) groups is 1. The van der Waals surface area contributed by atoms with E-state index in [1.807, 2.05) is 6.07 Å². The molecular formula is C18H22N10O. The SMILES string of the molecule is NC(=O)c1nnc(NC2CCCCC2N)cc1Nc1cccc(-n2ccnn2)n1. The fourth-order valence-electron chi connectivity index (χ4n) is 3.36. The molecule has 0 aliphatic heterocycles. The number of primary amides is 1. The smallest absolute Gasteiger partial charge is 0.271 e. The molecule has 3 aromatic rings. The Morgan fingerprint density at radius 3 is 2.79 bits per heavy atom. The van der Waals surface area contributed by atoms with Crippen molar-refractivity contribution in [1.82, 2.24) is 30.2 Å². The highest BCUT2D eigenvalue weighted by Crippen LogP contribution is 2.24. The van der Waals surface area contributed by atoms with E-state index < -0.39 is 5.91 Å². The second kappa shape index (κ2) is 8.19. The third-order valence-electron chi connectivity index (χ3n) is 4.83. The second-order valence-electron chi connectivity index (χ2n) is 6.91. The van der Waals surface area contributed by atoms with E-state index in [0.29, 0.717) is 23.1 Å². The normalized spacial score (nSPS) is 18.9. The van der Waals surface area contributed by atoms with Crippen LogP contribution in [0.2, 0.25) is 0 Å². The zero-order chi connectivity index (χ0) is 20.2. The Hall–Kier alpha value is -3.60. The standard InChI is InChI=1S/C18H22N10O/c19-11-4-1-2-5-12(11)22-15-10-13(17(18(20)29)26-25-15)23-14-6-3-7-16(24-14)28-9-8-21-27-28/h3,6-12H,1-2,4-5,19H2,(H2,20,29)(H2,22,23,24,25). The van der Waals surface area contributed by atoms with Gasteiger partial charge in [0.15, 0.2) is 17.3 Å². The van der Waals surface area contributed by atoms with Crippen molar-refractivity contribution in [3.05, 3.63) is 42.4 Å². The van der Waals surface area contributed by atoms with Crippen LogP contribution in [-0.2, 0) is 0 Å². The predicted octanol–water partition coefficient (Wildman–Crippen LogP) is 0.977. The number of nitrogens with one attached hydrogen (secondary N) is 2. The first-order valence-electron chi connectivity index (χ1n) is 9.40. The fraction of sp³-hybridized carbons (Fsp3) is 0.333. The van der Waals surface area contributed by atoms with E-state index in [-0.39, 0.29) is 17.8 Å². The van der Waals surface area contributed by atoms with Crippen LogP contribution in [0.15, 0.2) is 36.7 Å². The number of anilines is 3. The molecule has 1 amide bonds. The van der Waals surface area contributed by atoms with Crippen LogP contribution in [0.25, 0.3) is 5.82 Å². The van der Waals surface area contributed by atoms with E-state index in [4.69, 9.17) is 11.5 Å². The van der Waals surface area contributed by atoms with Crippen LogP contribution in [0, 0.1) is 0 Å². The summed E-state index contributed by atoms with van der Waals surface area (Å²) in [5.41, 5.74) is 12.1. The summed E-state index contributed by atoms with van der Waals surface area (Å²) in [6.45, 7) is 0. The molecule has 29 heavy (non-hydrogen) atoms. The number of pyridine rings is 1. The summed E-state index contributed by atoms with van der Waals surface area (Å²) in [5.74, 6) is 0.899. The van der Waals surface area contributed by atoms with Gasteiger partial charge in [-0.05, 0) is 25.0 Å².